The van der Waals surface area contributed by atoms with E-state index in [0.717, 1.165) is 13.1 Å². The summed E-state index contributed by atoms with van der Waals surface area (Å²) in [5, 5.41) is 13.3. The predicted molar refractivity (Wildman–Crippen MR) is 52.3 cm³/mol. The topological polar surface area (TPSA) is 23.5 Å². The van der Waals surface area contributed by atoms with Gasteiger partial charge in [-0.1, -0.05) is 0 Å². The summed E-state index contributed by atoms with van der Waals surface area (Å²) in [6.07, 6.45) is -0.242. The first-order chi connectivity index (χ1) is 5.68. The van der Waals surface area contributed by atoms with Gasteiger partial charge in [0.05, 0.1) is 6.10 Å². The molecule has 0 amide bonds. The van der Waals surface area contributed by atoms with Crippen LogP contribution in [0.25, 0.3) is 0 Å². The minimum Gasteiger partial charge on any atom is -0.392 e. The Kier molecular flexibility index (Phi) is 3.72. The second kappa shape index (κ2) is 4.60. The third-order valence-electron chi connectivity index (χ3n) is 1.61. The number of rotatable bonds is 4. The van der Waals surface area contributed by atoms with Crippen molar-refractivity contribution in [2.24, 2.45) is 0 Å². The molecule has 68 valence electrons. The minimum atomic E-state index is -0.242. The number of nitrogens with zero attached hydrogens (tertiary/aromatic N) is 1. The number of aliphatic hydroxyl groups is 1. The van der Waals surface area contributed by atoms with Crippen molar-refractivity contribution in [3.8, 4) is 0 Å². The van der Waals surface area contributed by atoms with Gasteiger partial charge in [-0.3, -0.25) is 4.90 Å². The van der Waals surface area contributed by atoms with Gasteiger partial charge in [0, 0.05) is 13.1 Å². The zero-order chi connectivity index (χ0) is 8.97. The molecule has 0 bridgehead atoms. The molecular formula is C9H15NOS. The number of hydrogen-bond acceptors (Lipinski definition) is 3. The monoisotopic (exact) mass is 185 g/mol. The molecule has 0 spiro atoms. The summed E-state index contributed by atoms with van der Waals surface area (Å²) in [4.78, 5) is 2.12. The molecule has 0 aliphatic rings. The molecule has 0 saturated carbocycles. The maximum absolute atomic E-state index is 9.11. The number of hydrogen-bond donors (Lipinski definition) is 1. The van der Waals surface area contributed by atoms with Gasteiger partial charge in [-0.15, -0.1) is 0 Å². The second-order valence-electron chi connectivity index (χ2n) is 3.18. The lowest BCUT2D eigenvalue weighted by Gasteiger charge is -2.17. The standard InChI is InChI=1S/C9H15NOS/c1-8(11)5-10(2)6-9-3-4-12-7-9/h3-4,7-8,11H,5-6H2,1-2H3/t8-/m1/s1. The van der Waals surface area contributed by atoms with Gasteiger partial charge in [-0.2, -0.15) is 11.3 Å². The van der Waals surface area contributed by atoms with Crippen molar-refractivity contribution in [2.45, 2.75) is 19.6 Å². The molecule has 2 nitrogen and oxygen atoms in total. The number of likely N-dealkylation sites (N-methyl/N-ethyl adjacent to an activating group) is 1. The summed E-state index contributed by atoms with van der Waals surface area (Å²) in [5.41, 5.74) is 1.32. The van der Waals surface area contributed by atoms with Crippen molar-refractivity contribution in [3.05, 3.63) is 22.4 Å². The Labute approximate surface area is 77.5 Å². The maximum atomic E-state index is 9.11. The summed E-state index contributed by atoms with van der Waals surface area (Å²) in [6, 6.07) is 2.11. The van der Waals surface area contributed by atoms with Gasteiger partial charge < -0.3 is 5.11 Å². The van der Waals surface area contributed by atoms with Crippen LogP contribution in [0.15, 0.2) is 16.8 Å². The van der Waals surface area contributed by atoms with Crippen LogP contribution < -0.4 is 0 Å². The van der Waals surface area contributed by atoms with Gasteiger partial charge in [-0.05, 0) is 36.4 Å². The van der Waals surface area contributed by atoms with Crippen molar-refractivity contribution in [1.82, 2.24) is 4.90 Å². The van der Waals surface area contributed by atoms with Crippen LogP contribution in [-0.2, 0) is 6.54 Å². The highest BCUT2D eigenvalue weighted by Crippen LogP contribution is 2.08. The summed E-state index contributed by atoms with van der Waals surface area (Å²) in [6.45, 7) is 3.47. The Hall–Kier alpha value is -0.380. The maximum Gasteiger partial charge on any atom is 0.0639 e. The fraction of sp³-hybridized carbons (Fsp3) is 0.556. The van der Waals surface area contributed by atoms with Gasteiger partial charge in [0.25, 0.3) is 0 Å². The highest BCUT2D eigenvalue weighted by atomic mass is 32.1. The number of thiophene rings is 1. The Morgan fingerprint density at radius 1 is 1.67 bits per heavy atom. The van der Waals surface area contributed by atoms with Crippen LogP contribution in [0, 0.1) is 0 Å². The Bertz CT molecular complexity index is 208. The molecule has 1 aromatic rings. The number of aliphatic hydroxyl groups excluding tert-OH is 1. The van der Waals surface area contributed by atoms with Crippen molar-refractivity contribution in [3.63, 3.8) is 0 Å². The normalized spacial score (nSPS) is 13.7. The second-order valence-corrected chi connectivity index (χ2v) is 3.96. The largest absolute Gasteiger partial charge is 0.392 e. The van der Waals surface area contributed by atoms with Gasteiger partial charge in [0.2, 0.25) is 0 Å². The first-order valence-corrected chi connectivity index (χ1v) is 5.00. The lowest BCUT2D eigenvalue weighted by atomic mass is 10.3. The third kappa shape index (κ3) is 3.34. The smallest absolute Gasteiger partial charge is 0.0639 e. The van der Waals surface area contributed by atoms with Crippen LogP contribution in [-0.4, -0.2) is 29.7 Å². The summed E-state index contributed by atoms with van der Waals surface area (Å²) in [5.74, 6) is 0. The molecular weight excluding hydrogens is 170 g/mol. The van der Waals surface area contributed by atoms with E-state index >= 15 is 0 Å². The zero-order valence-electron chi connectivity index (χ0n) is 7.53. The van der Waals surface area contributed by atoms with Crippen LogP contribution in [0.5, 0.6) is 0 Å². The van der Waals surface area contributed by atoms with E-state index in [0.29, 0.717) is 0 Å². The molecule has 0 unspecified atom stereocenters. The van der Waals surface area contributed by atoms with Crippen molar-refractivity contribution >= 4 is 11.3 Å². The van der Waals surface area contributed by atoms with Crippen LogP contribution in [0.3, 0.4) is 0 Å². The first-order valence-electron chi connectivity index (χ1n) is 4.06. The molecule has 1 heterocycles. The van der Waals surface area contributed by atoms with Crippen LogP contribution in [0.4, 0.5) is 0 Å². The fourth-order valence-corrected chi connectivity index (χ4v) is 1.87. The van der Waals surface area contributed by atoms with Crippen LogP contribution in [0.1, 0.15) is 12.5 Å². The van der Waals surface area contributed by atoms with Gasteiger partial charge in [0.1, 0.15) is 0 Å². The van der Waals surface area contributed by atoms with E-state index in [4.69, 9.17) is 5.11 Å². The molecule has 0 aromatic carbocycles. The Morgan fingerprint density at radius 3 is 2.92 bits per heavy atom. The average molecular weight is 185 g/mol. The van der Waals surface area contributed by atoms with Crippen molar-refractivity contribution in [2.75, 3.05) is 13.6 Å². The van der Waals surface area contributed by atoms with Crippen molar-refractivity contribution in [1.29, 1.82) is 0 Å². The van der Waals surface area contributed by atoms with Crippen LogP contribution >= 0.6 is 11.3 Å². The summed E-state index contributed by atoms with van der Waals surface area (Å²) in [7, 11) is 2.02. The molecule has 1 N–H and O–H groups in total. The highest BCUT2D eigenvalue weighted by Gasteiger charge is 2.03. The van der Waals surface area contributed by atoms with E-state index in [1.54, 1.807) is 11.3 Å². The van der Waals surface area contributed by atoms with Gasteiger partial charge >= 0.3 is 0 Å². The minimum absolute atomic E-state index is 0.242. The first kappa shape index (κ1) is 9.71. The Balaban J connectivity index is 2.32. The molecule has 0 fully saturated rings. The van der Waals surface area contributed by atoms with E-state index in [9.17, 15) is 0 Å². The average Bonchev–Trinajstić information content (AvgIpc) is 2.37. The van der Waals surface area contributed by atoms with E-state index in [1.165, 1.54) is 5.56 Å². The molecule has 1 aromatic heterocycles. The highest BCUT2D eigenvalue weighted by molar-refractivity contribution is 7.07. The van der Waals surface area contributed by atoms with E-state index in [1.807, 2.05) is 14.0 Å². The summed E-state index contributed by atoms with van der Waals surface area (Å²) < 4.78 is 0. The SMILES string of the molecule is C[C@@H](O)CN(C)Cc1ccsc1. The molecule has 0 aliphatic heterocycles. The quantitative estimate of drug-likeness (QED) is 0.769. The zero-order valence-corrected chi connectivity index (χ0v) is 8.34. The molecule has 0 saturated heterocycles. The molecule has 0 aliphatic carbocycles. The predicted octanol–water partition coefficient (Wildman–Crippen LogP) is 1.56. The molecule has 12 heavy (non-hydrogen) atoms. The van der Waals surface area contributed by atoms with E-state index in [-0.39, 0.29) is 6.10 Å². The summed E-state index contributed by atoms with van der Waals surface area (Å²) >= 11 is 1.71. The third-order valence-corrected chi connectivity index (χ3v) is 2.34. The van der Waals surface area contributed by atoms with Crippen LogP contribution in [0.2, 0.25) is 0 Å². The Morgan fingerprint density at radius 2 is 2.42 bits per heavy atom. The molecule has 3 heteroatoms. The van der Waals surface area contributed by atoms with Gasteiger partial charge in [-0.25, -0.2) is 0 Å². The molecule has 1 atom stereocenters. The molecule has 0 radical (unpaired) electrons. The lowest BCUT2D eigenvalue weighted by Crippen LogP contribution is -2.26. The van der Waals surface area contributed by atoms with E-state index < -0.39 is 0 Å². The van der Waals surface area contributed by atoms with Crippen molar-refractivity contribution < 1.29 is 5.11 Å². The molecule has 1 rings (SSSR count). The lowest BCUT2D eigenvalue weighted by molar-refractivity contribution is 0.138. The van der Waals surface area contributed by atoms with E-state index in [2.05, 4.69) is 21.7 Å². The van der Waals surface area contributed by atoms with Gasteiger partial charge in [0.15, 0.2) is 0 Å². The fourth-order valence-electron chi connectivity index (χ4n) is 1.21.